The van der Waals surface area contributed by atoms with Crippen LogP contribution in [0.3, 0.4) is 0 Å². The maximum Gasteiger partial charge on any atom is 0.254 e. The summed E-state index contributed by atoms with van der Waals surface area (Å²) in [6, 6.07) is 13.2. The van der Waals surface area contributed by atoms with Gasteiger partial charge in [0.15, 0.2) is 0 Å². The minimum absolute atomic E-state index is 0.0317. The molecule has 0 aliphatic carbocycles. The molecule has 0 saturated carbocycles. The van der Waals surface area contributed by atoms with Crippen molar-refractivity contribution in [3.8, 4) is 11.6 Å². The second-order valence-corrected chi connectivity index (χ2v) is 6.34. The molecular weight excluding hydrogens is 342 g/mol. The van der Waals surface area contributed by atoms with Crippen LogP contribution in [0.15, 0.2) is 61.2 Å². The zero-order valence-electron chi connectivity index (χ0n) is 15.2. The third-order valence-electron chi connectivity index (χ3n) is 4.71. The summed E-state index contributed by atoms with van der Waals surface area (Å²) >= 11 is 0. The van der Waals surface area contributed by atoms with Crippen molar-refractivity contribution >= 4 is 11.7 Å². The van der Waals surface area contributed by atoms with Gasteiger partial charge < -0.3 is 19.1 Å². The van der Waals surface area contributed by atoms with Crippen LogP contribution >= 0.6 is 0 Å². The average molecular weight is 363 g/mol. The highest BCUT2D eigenvalue weighted by Gasteiger charge is 2.23. The number of methoxy groups -OCH3 is 1. The Balaban J connectivity index is 1.43. The first-order valence-corrected chi connectivity index (χ1v) is 8.88. The number of carbonyl (C=O) groups excluding carboxylic acids is 1. The molecule has 0 radical (unpaired) electrons. The fraction of sp³-hybridized carbons (Fsp3) is 0.250. The molecule has 0 bridgehead atoms. The van der Waals surface area contributed by atoms with Crippen molar-refractivity contribution in [3.05, 3.63) is 66.7 Å². The van der Waals surface area contributed by atoms with Gasteiger partial charge in [0.1, 0.15) is 23.7 Å². The van der Waals surface area contributed by atoms with Crippen LogP contribution in [-0.2, 0) is 0 Å². The molecule has 27 heavy (non-hydrogen) atoms. The van der Waals surface area contributed by atoms with Crippen molar-refractivity contribution in [3.63, 3.8) is 0 Å². The molecule has 1 aliphatic heterocycles. The molecule has 1 saturated heterocycles. The van der Waals surface area contributed by atoms with E-state index in [9.17, 15) is 4.79 Å². The summed E-state index contributed by atoms with van der Waals surface area (Å²) in [6.45, 7) is 2.77. The van der Waals surface area contributed by atoms with Gasteiger partial charge in [-0.3, -0.25) is 4.79 Å². The normalized spacial score (nSPS) is 14.3. The van der Waals surface area contributed by atoms with Gasteiger partial charge in [-0.1, -0.05) is 6.07 Å². The summed E-state index contributed by atoms with van der Waals surface area (Å²) in [5, 5.41) is 0. The number of nitrogens with zero attached hydrogens (tertiary/aromatic N) is 5. The van der Waals surface area contributed by atoms with Crippen molar-refractivity contribution < 1.29 is 9.53 Å². The second-order valence-electron chi connectivity index (χ2n) is 6.34. The number of benzene rings is 1. The van der Waals surface area contributed by atoms with Gasteiger partial charge in [0, 0.05) is 50.2 Å². The van der Waals surface area contributed by atoms with E-state index in [2.05, 4.69) is 14.9 Å². The highest BCUT2D eigenvalue weighted by atomic mass is 16.5. The Hall–Kier alpha value is -3.35. The summed E-state index contributed by atoms with van der Waals surface area (Å²) in [7, 11) is 1.60. The summed E-state index contributed by atoms with van der Waals surface area (Å²) in [6.07, 6.45) is 5.49. The van der Waals surface area contributed by atoms with Gasteiger partial charge in [-0.25, -0.2) is 9.97 Å². The molecule has 0 unspecified atom stereocenters. The van der Waals surface area contributed by atoms with Crippen LogP contribution in [0.4, 0.5) is 5.82 Å². The minimum Gasteiger partial charge on any atom is -0.497 e. The molecule has 1 fully saturated rings. The van der Waals surface area contributed by atoms with E-state index in [0.29, 0.717) is 24.4 Å². The number of hydrogen-bond acceptors (Lipinski definition) is 5. The lowest BCUT2D eigenvalue weighted by atomic mass is 10.1. The third kappa shape index (κ3) is 3.62. The van der Waals surface area contributed by atoms with Gasteiger partial charge in [-0.2, -0.15) is 0 Å². The molecule has 1 amide bonds. The highest BCUT2D eigenvalue weighted by Crippen LogP contribution is 2.19. The number of rotatable bonds is 4. The van der Waals surface area contributed by atoms with Crippen LogP contribution < -0.4 is 9.64 Å². The molecule has 2 aromatic heterocycles. The lowest BCUT2D eigenvalue weighted by Gasteiger charge is -2.35. The number of ether oxygens (including phenoxy) is 1. The van der Waals surface area contributed by atoms with E-state index in [4.69, 9.17) is 4.74 Å². The SMILES string of the molecule is COc1cccc(C(=O)N2CCN(c3cc(-n4cccc4)ncn3)CC2)c1. The molecule has 1 aliphatic rings. The molecule has 7 heteroatoms. The van der Waals surface area contributed by atoms with E-state index < -0.39 is 0 Å². The van der Waals surface area contributed by atoms with Crippen molar-refractivity contribution in [2.24, 2.45) is 0 Å². The largest absolute Gasteiger partial charge is 0.497 e. The molecule has 0 N–H and O–H groups in total. The van der Waals surface area contributed by atoms with Crippen LogP contribution in [0.1, 0.15) is 10.4 Å². The maximum atomic E-state index is 12.7. The van der Waals surface area contributed by atoms with Crippen molar-refractivity contribution in [2.75, 3.05) is 38.2 Å². The first kappa shape index (κ1) is 17.1. The zero-order chi connectivity index (χ0) is 18.6. The molecule has 1 aromatic carbocycles. The topological polar surface area (TPSA) is 63.5 Å². The summed E-state index contributed by atoms with van der Waals surface area (Å²) in [5.74, 6) is 2.43. The minimum atomic E-state index is 0.0317. The van der Waals surface area contributed by atoms with E-state index in [1.54, 1.807) is 19.5 Å². The average Bonchev–Trinajstić information content (AvgIpc) is 3.28. The van der Waals surface area contributed by atoms with Gasteiger partial charge >= 0.3 is 0 Å². The Bertz CT molecular complexity index is 918. The van der Waals surface area contributed by atoms with Crippen molar-refractivity contribution in [2.45, 2.75) is 0 Å². The number of hydrogen-bond donors (Lipinski definition) is 0. The number of carbonyl (C=O) groups is 1. The van der Waals surface area contributed by atoms with Crippen molar-refractivity contribution in [1.29, 1.82) is 0 Å². The zero-order valence-corrected chi connectivity index (χ0v) is 15.2. The predicted molar refractivity (Wildman–Crippen MR) is 102 cm³/mol. The third-order valence-corrected chi connectivity index (χ3v) is 4.71. The maximum absolute atomic E-state index is 12.7. The quantitative estimate of drug-likeness (QED) is 0.711. The van der Waals surface area contributed by atoms with Gasteiger partial charge in [-0.15, -0.1) is 0 Å². The molecule has 0 spiro atoms. The summed E-state index contributed by atoms with van der Waals surface area (Å²) in [5.41, 5.74) is 0.653. The van der Waals surface area contributed by atoms with E-state index in [0.717, 1.165) is 24.7 Å². The molecule has 0 atom stereocenters. The smallest absolute Gasteiger partial charge is 0.254 e. The van der Waals surface area contributed by atoms with Crippen LogP contribution in [0.25, 0.3) is 5.82 Å². The molecule has 3 aromatic rings. The van der Waals surface area contributed by atoms with E-state index in [-0.39, 0.29) is 5.91 Å². The van der Waals surface area contributed by atoms with Crippen LogP contribution in [0.5, 0.6) is 5.75 Å². The van der Waals surface area contributed by atoms with Gasteiger partial charge in [0.25, 0.3) is 5.91 Å². The standard InChI is InChI=1S/C20H21N5O2/c1-27-17-6-4-5-16(13-17)20(26)25-11-9-24(10-12-25)19-14-18(21-15-22-19)23-7-2-3-8-23/h2-8,13-15H,9-12H2,1H3. The van der Waals surface area contributed by atoms with Gasteiger partial charge in [0.05, 0.1) is 7.11 Å². The van der Waals surface area contributed by atoms with E-state index in [1.807, 2.05) is 58.3 Å². The second kappa shape index (κ2) is 7.49. The molecule has 4 rings (SSSR count). The lowest BCUT2D eigenvalue weighted by molar-refractivity contribution is 0.0746. The number of aromatic nitrogens is 3. The lowest BCUT2D eigenvalue weighted by Crippen LogP contribution is -2.49. The van der Waals surface area contributed by atoms with E-state index in [1.165, 1.54) is 0 Å². The Morgan fingerprint density at radius 1 is 0.963 bits per heavy atom. The summed E-state index contributed by atoms with van der Waals surface area (Å²) in [4.78, 5) is 25.5. The molecule has 3 heterocycles. The molecular formula is C20H21N5O2. The first-order chi connectivity index (χ1) is 13.2. The van der Waals surface area contributed by atoms with Crippen molar-refractivity contribution in [1.82, 2.24) is 19.4 Å². The number of piperazine rings is 1. The monoisotopic (exact) mass is 363 g/mol. The Labute approximate surface area is 157 Å². The fourth-order valence-corrected chi connectivity index (χ4v) is 3.22. The van der Waals surface area contributed by atoms with Crippen LogP contribution in [0.2, 0.25) is 0 Å². The van der Waals surface area contributed by atoms with Gasteiger partial charge in [-0.05, 0) is 30.3 Å². The summed E-state index contributed by atoms with van der Waals surface area (Å²) < 4.78 is 7.17. The fourth-order valence-electron chi connectivity index (χ4n) is 3.22. The number of amides is 1. The number of anilines is 1. The first-order valence-electron chi connectivity index (χ1n) is 8.88. The molecule has 7 nitrogen and oxygen atoms in total. The van der Waals surface area contributed by atoms with Gasteiger partial charge in [0.2, 0.25) is 0 Å². The highest BCUT2D eigenvalue weighted by molar-refractivity contribution is 5.94. The molecule has 138 valence electrons. The predicted octanol–water partition coefficient (Wildman–Crippen LogP) is 2.24. The van der Waals surface area contributed by atoms with E-state index >= 15 is 0 Å². The Morgan fingerprint density at radius 3 is 2.44 bits per heavy atom. The van der Waals surface area contributed by atoms with Crippen LogP contribution in [-0.4, -0.2) is 58.6 Å². The Kier molecular flexibility index (Phi) is 4.74. The Morgan fingerprint density at radius 2 is 1.70 bits per heavy atom. The van der Waals surface area contributed by atoms with Crippen LogP contribution in [0, 0.1) is 0 Å².